The van der Waals surface area contributed by atoms with E-state index in [-0.39, 0.29) is 11.8 Å². The molecule has 1 atom stereocenters. The minimum absolute atomic E-state index is 0.116. The van der Waals surface area contributed by atoms with Gasteiger partial charge in [-0.05, 0) is 55.7 Å². The number of aromatic amines is 1. The number of benzene rings is 2. The number of hydrogen-bond donors (Lipinski definition) is 4. The molecule has 0 aliphatic rings. The van der Waals surface area contributed by atoms with Crippen LogP contribution in [-0.4, -0.2) is 43.6 Å². The largest absolute Gasteiger partial charge is 0.493 e. The van der Waals surface area contributed by atoms with Crippen molar-refractivity contribution < 1.29 is 19.1 Å². The highest BCUT2D eigenvalue weighted by molar-refractivity contribution is 6.06. The molecular formula is C24H30N4O4. The van der Waals surface area contributed by atoms with Gasteiger partial charge >= 0.3 is 0 Å². The molecule has 0 aliphatic carbocycles. The fourth-order valence-electron chi connectivity index (χ4n) is 3.39. The van der Waals surface area contributed by atoms with Gasteiger partial charge in [-0.2, -0.15) is 0 Å². The molecule has 3 rings (SSSR count). The first-order valence-corrected chi connectivity index (χ1v) is 10.6. The molecule has 2 aromatic carbocycles. The van der Waals surface area contributed by atoms with Crippen molar-refractivity contribution in [2.75, 3.05) is 26.1 Å². The van der Waals surface area contributed by atoms with Crippen molar-refractivity contribution in [3.8, 4) is 11.5 Å². The van der Waals surface area contributed by atoms with Crippen LogP contribution in [0.25, 0.3) is 10.9 Å². The third-order valence-corrected chi connectivity index (χ3v) is 5.28. The molecule has 0 unspecified atom stereocenters. The summed E-state index contributed by atoms with van der Waals surface area (Å²) >= 11 is 0. The Bertz CT molecular complexity index is 1090. The number of amides is 2. The Kier molecular flexibility index (Phi) is 7.72. The van der Waals surface area contributed by atoms with E-state index in [9.17, 15) is 9.59 Å². The number of rotatable bonds is 10. The van der Waals surface area contributed by atoms with Crippen molar-refractivity contribution in [2.24, 2.45) is 5.73 Å². The van der Waals surface area contributed by atoms with E-state index in [1.54, 1.807) is 38.5 Å². The number of nitrogens with one attached hydrogen (secondary N) is 3. The molecule has 0 radical (unpaired) electrons. The van der Waals surface area contributed by atoms with Crippen molar-refractivity contribution in [3.05, 3.63) is 53.7 Å². The lowest BCUT2D eigenvalue weighted by Gasteiger charge is -2.10. The third-order valence-electron chi connectivity index (χ3n) is 5.28. The maximum Gasteiger partial charge on any atom is 0.255 e. The van der Waals surface area contributed by atoms with Gasteiger partial charge in [-0.1, -0.05) is 6.92 Å². The van der Waals surface area contributed by atoms with Gasteiger partial charge in [0.05, 0.1) is 20.3 Å². The molecule has 5 N–H and O–H groups in total. The second kappa shape index (κ2) is 10.7. The third kappa shape index (κ3) is 5.59. The van der Waals surface area contributed by atoms with Gasteiger partial charge in [0.1, 0.15) is 0 Å². The van der Waals surface area contributed by atoms with Gasteiger partial charge in [0.25, 0.3) is 5.91 Å². The maximum absolute atomic E-state index is 12.7. The summed E-state index contributed by atoms with van der Waals surface area (Å²) in [5.41, 5.74) is 8.89. The number of fused-ring (bicyclic) bond motifs is 1. The second-order valence-corrected chi connectivity index (χ2v) is 7.53. The highest BCUT2D eigenvalue weighted by Crippen LogP contribution is 2.30. The van der Waals surface area contributed by atoms with Crippen LogP contribution in [0.4, 0.5) is 5.69 Å². The van der Waals surface area contributed by atoms with Gasteiger partial charge < -0.3 is 30.8 Å². The number of aryl methyl sites for hydroxylation is 1. The Morgan fingerprint density at radius 2 is 1.84 bits per heavy atom. The average molecular weight is 439 g/mol. The highest BCUT2D eigenvalue weighted by atomic mass is 16.5. The summed E-state index contributed by atoms with van der Waals surface area (Å²) < 4.78 is 10.5. The van der Waals surface area contributed by atoms with E-state index in [1.807, 2.05) is 25.1 Å². The van der Waals surface area contributed by atoms with E-state index in [1.165, 1.54) is 0 Å². The number of carbonyl (C=O) groups is 2. The Morgan fingerprint density at radius 1 is 1.06 bits per heavy atom. The van der Waals surface area contributed by atoms with Crippen LogP contribution < -0.4 is 25.8 Å². The number of H-pyrrole nitrogens is 1. The topological polar surface area (TPSA) is 118 Å². The Morgan fingerprint density at radius 3 is 2.56 bits per heavy atom. The van der Waals surface area contributed by atoms with E-state index in [0.717, 1.165) is 29.4 Å². The number of hydrogen-bond acceptors (Lipinski definition) is 5. The standard InChI is InChI=1S/C24H30N4O4/c1-4-19(25)24(30)26-11-5-6-17-13-16-12-15(7-9-20(16)27-17)23(29)28-18-8-10-21(31-2)22(14-18)32-3/h7-10,12-14,19,27H,4-6,11,25H2,1-3H3,(H,26,30)(H,28,29)/t19-/m0/s1. The molecule has 0 spiro atoms. The predicted molar refractivity (Wildman–Crippen MR) is 125 cm³/mol. The van der Waals surface area contributed by atoms with Crippen molar-refractivity contribution in [3.63, 3.8) is 0 Å². The summed E-state index contributed by atoms with van der Waals surface area (Å²) in [5, 5.41) is 6.69. The number of aromatic nitrogens is 1. The van der Waals surface area contributed by atoms with E-state index >= 15 is 0 Å². The van der Waals surface area contributed by atoms with Gasteiger partial charge in [-0.25, -0.2) is 0 Å². The first-order chi connectivity index (χ1) is 15.4. The van der Waals surface area contributed by atoms with Gasteiger partial charge in [0, 0.05) is 40.5 Å². The fourth-order valence-corrected chi connectivity index (χ4v) is 3.39. The van der Waals surface area contributed by atoms with E-state index in [2.05, 4.69) is 15.6 Å². The SMILES string of the molecule is CC[C@H](N)C(=O)NCCCc1cc2cc(C(=O)Nc3ccc(OC)c(OC)c3)ccc2[nH]1. The molecule has 0 aliphatic heterocycles. The molecule has 0 saturated carbocycles. The molecule has 8 heteroatoms. The summed E-state index contributed by atoms with van der Waals surface area (Å²) in [4.78, 5) is 27.8. The van der Waals surface area contributed by atoms with E-state index in [0.29, 0.717) is 35.7 Å². The quantitative estimate of drug-likeness (QED) is 0.363. The van der Waals surface area contributed by atoms with Crippen molar-refractivity contribution in [1.29, 1.82) is 0 Å². The number of anilines is 1. The lowest BCUT2D eigenvalue weighted by atomic mass is 10.1. The first-order valence-electron chi connectivity index (χ1n) is 10.6. The molecule has 3 aromatic rings. The zero-order valence-corrected chi connectivity index (χ0v) is 18.7. The summed E-state index contributed by atoms with van der Waals surface area (Å²) in [6.45, 7) is 2.46. The van der Waals surface area contributed by atoms with Crippen LogP contribution >= 0.6 is 0 Å². The summed E-state index contributed by atoms with van der Waals surface area (Å²) in [7, 11) is 3.11. The Labute approximate surface area is 187 Å². The summed E-state index contributed by atoms with van der Waals surface area (Å²) in [6.07, 6.45) is 2.20. The van der Waals surface area contributed by atoms with Gasteiger partial charge in [-0.15, -0.1) is 0 Å². The maximum atomic E-state index is 12.7. The van der Waals surface area contributed by atoms with Crippen LogP contribution in [0.15, 0.2) is 42.5 Å². The lowest BCUT2D eigenvalue weighted by molar-refractivity contribution is -0.122. The van der Waals surface area contributed by atoms with Crippen LogP contribution in [0.2, 0.25) is 0 Å². The van der Waals surface area contributed by atoms with Crippen LogP contribution in [0.5, 0.6) is 11.5 Å². The van der Waals surface area contributed by atoms with Crippen molar-refractivity contribution in [2.45, 2.75) is 32.2 Å². The molecule has 1 aromatic heterocycles. The first kappa shape index (κ1) is 23.1. The minimum atomic E-state index is -0.452. The van der Waals surface area contributed by atoms with Crippen molar-refractivity contribution in [1.82, 2.24) is 10.3 Å². The molecule has 0 bridgehead atoms. The smallest absolute Gasteiger partial charge is 0.255 e. The minimum Gasteiger partial charge on any atom is -0.493 e. The fraction of sp³-hybridized carbons (Fsp3) is 0.333. The van der Waals surface area contributed by atoms with Gasteiger partial charge in [-0.3, -0.25) is 9.59 Å². The van der Waals surface area contributed by atoms with E-state index < -0.39 is 6.04 Å². The molecule has 2 amide bonds. The monoisotopic (exact) mass is 438 g/mol. The molecule has 8 nitrogen and oxygen atoms in total. The Hall–Kier alpha value is -3.52. The van der Waals surface area contributed by atoms with Crippen molar-refractivity contribution >= 4 is 28.4 Å². The molecule has 0 saturated heterocycles. The predicted octanol–water partition coefficient (Wildman–Crippen LogP) is 3.22. The summed E-state index contributed by atoms with van der Waals surface area (Å²) in [5.74, 6) is 0.814. The molecule has 0 fully saturated rings. The second-order valence-electron chi connectivity index (χ2n) is 7.53. The molecule has 1 heterocycles. The zero-order chi connectivity index (χ0) is 23.1. The number of nitrogens with two attached hydrogens (primary N) is 1. The highest BCUT2D eigenvalue weighted by Gasteiger charge is 2.12. The van der Waals surface area contributed by atoms with Crippen LogP contribution in [0.3, 0.4) is 0 Å². The number of carbonyl (C=O) groups excluding carboxylic acids is 2. The van der Waals surface area contributed by atoms with Crippen LogP contribution in [0.1, 0.15) is 35.8 Å². The molecular weight excluding hydrogens is 408 g/mol. The van der Waals surface area contributed by atoms with Gasteiger partial charge in [0.15, 0.2) is 11.5 Å². The van der Waals surface area contributed by atoms with E-state index in [4.69, 9.17) is 15.2 Å². The van der Waals surface area contributed by atoms with Gasteiger partial charge in [0.2, 0.25) is 5.91 Å². The normalized spacial score (nSPS) is 11.8. The average Bonchev–Trinajstić information content (AvgIpc) is 3.22. The lowest BCUT2D eigenvalue weighted by Crippen LogP contribution is -2.40. The Balaban J connectivity index is 1.61. The zero-order valence-electron chi connectivity index (χ0n) is 18.7. The van der Waals surface area contributed by atoms with Crippen LogP contribution in [-0.2, 0) is 11.2 Å². The van der Waals surface area contributed by atoms with Crippen LogP contribution in [0, 0.1) is 0 Å². The molecule has 170 valence electrons. The molecule has 32 heavy (non-hydrogen) atoms. The summed E-state index contributed by atoms with van der Waals surface area (Å²) in [6, 6.07) is 12.3. The number of methoxy groups -OCH3 is 2. The number of ether oxygens (including phenoxy) is 2.